The first kappa shape index (κ1) is 9.39. The number of primary amides is 1. The molecule has 0 spiro atoms. The van der Waals surface area contributed by atoms with E-state index in [2.05, 4.69) is 9.68 Å². The number of nitrogens with zero attached hydrogens (tertiary/aromatic N) is 1. The van der Waals surface area contributed by atoms with Crippen molar-refractivity contribution in [3.63, 3.8) is 0 Å². The molecule has 0 aliphatic rings. The molecular weight excluding hydrogens is 199 g/mol. The SMILES string of the molecule is NC(=O)c1nocc1-c1ccc(F)cc1. The van der Waals surface area contributed by atoms with Gasteiger partial charge in [0.15, 0.2) is 5.69 Å². The second kappa shape index (κ2) is 3.53. The smallest absolute Gasteiger partial charge is 0.271 e. The van der Waals surface area contributed by atoms with Crippen LogP contribution in [0.4, 0.5) is 4.39 Å². The highest BCUT2D eigenvalue weighted by molar-refractivity contribution is 5.97. The van der Waals surface area contributed by atoms with Gasteiger partial charge in [-0.05, 0) is 17.7 Å². The van der Waals surface area contributed by atoms with Crippen LogP contribution < -0.4 is 5.73 Å². The number of aromatic nitrogens is 1. The number of benzene rings is 1. The van der Waals surface area contributed by atoms with Crippen LogP contribution in [0.5, 0.6) is 0 Å². The van der Waals surface area contributed by atoms with Gasteiger partial charge in [0.2, 0.25) is 0 Å². The maximum absolute atomic E-state index is 12.7. The molecular formula is C10H7FN2O2. The van der Waals surface area contributed by atoms with Crippen molar-refractivity contribution in [3.8, 4) is 11.1 Å². The van der Waals surface area contributed by atoms with E-state index in [4.69, 9.17) is 5.73 Å². The lowest BCUT2D eigenvalue weighted by molar-refractivity contribution is 0.0992. The number of hydrogen-bond acceptors (Lipinski definition) is 3. The molecule has 0 saturated heterocycles. The molecule has 0 radical (unpaired) electrons. The first-order chi connectivity index (χ1) is 7.18. The zero-order valence-corrected chi connectivity index (χ0v) is 7.61. The van der Waals surface area contributed by atoms with Gasteiger partial charge in [0.05, 0.1) is 5.56 Å². The summed E-state index contributed by atoms with van der Waals surface area (Å²) < 4.78 is 17.3. The molecule has 1 aromatic heterocycles. The number of carbonyl (C=O) groups is 1. The van der Waals surface area contributed by atoms with Gasteiger partial charge in [-0.2, -0.15) is 0 Å². The third-order valence-corrected chi connectivity index (χ3v) is 1.96. The molecule has 0 bridgehead atoms. The van der Waals surface area contributed by atoms with Crippen LogP contribution in [-0.4, -0.2) is 11.1 Å². The molecule has 0 aliphatic heterocycles. The number of amides is 1. The van der Waals surface area contributed by atoms with E-state index in [1.165, 1.54) is 30.5 Å². The summed E-state index contributed by atoms with van der Waals surface area (Å²) in [4.78, 5) is 10.9. The Morgan fingerprint density at radius 3 is 2.60 bits per heavy atom. The van der Waals surface area contributed by atoms with Crippen LogP contribution >= 0.6 is 0 Å². The normalized spacial score (nSPS) is 10.2. The maximum Gasteiger partial charge on any atom is 0.271 e. The monoisotopic (exact) mass is 206 g/mol. The first-order valence-corrected chi connectivity index (χ1v) is 4.18. The van der Waals surface area contributed by atoms with Crippen LogP contribution in [0.3, 0.4) is 0 Å². The summed E-state index contributed by atoms with van der Waals surface area (Å²) in [6.45, 7) is 0. The topological polar surface area (TPSA) is 69.1 Å². The Bertz CT molecular complexity index is 490. The molecule has 4 nitrogen and oxygen atoms in total. The Morgan fingerprint density at radius 1 is 1.33 bits per heavy atom. The molecule has 1 amide bonds. The van der Waals surface area contributed by atoms with Gasteiger partial charge in [0.25, 0.3) is 5.91 Å². The Morgan fingerprint density at radius 2 is 2.00 bits per heavy atom. The minimum absolute atomic E-state index is 0.0432. The molecule has 0 aliphatic carbocycles. The van der Waals surface area contributed by atoms with Crippen molar-refractivity contribution in [2.24, 2.45) is 5.73 Å². The fraction of sp³-hybridized carbons (Fsp3) is 0. The molecule has 5 heteroatoms. The summed E-state index contributed by atoms with van der Waals surface area (Å²) in [6, 6.07) is 5.61. The van der Waals surface area contributed by atoms with Crippen molar-refractivity contribution in [2.45, 2.75) is 0 Å². The van der Waals surface area contributed by atoms with E-state index >= 15 is 0 Å². The summed E-state index contributed by atoms with van der Waals surface area (Å²) in [7, 11) is 0. The van der Waals surface area contributed by atoms with Crippen LogP contribution in [0.2, 0.25) is 0 Å². The number of rotatable bonds is 2. The summed E-state index contributed by atoms with van der Waals surface area (Å²) >= 11 is 0. The Labute approximate surface area is 84.5 Å². The van der Waals surface area contributed by atoms with Gasteiger partial charge in [-0.15, -0.1) is 0 Å². The average Bonchev–Trinajstić information content (AvgIpc) is 2.67. The van der Waals surface area contributed by atoms with E-state index in [9.17, 15) is 9.18 Å². The lowest BCUT2D eigenvalue weighted by Crippen LogP contribution is -2.12. The number of hydrogen-bond donors (Lipinski definition) is 1. The van der Waals surface area contributed by atoms with E-state index in [0.717, 1.165) is 0 Å². The number of halogens is 1. The highest BCUT2D eigenvalue weighted by Gasteiger charge is 2.14. The minimum atomic E-state index is -0.678. The quantitative estimate of drug-likeness (QED) is 0.810. The standard InChI is InChI=1S/C10H7FN2O2/c11-7-3-1-6(2-4-7)8-5-15-13-9(8)10(12)14/h1-5H,(H2,12,14). The van der Waals surface area contributed by atoms with E-state index in [1.54, 1.807) is 0 Å². The highest BCUT2D eigenvalue weighted by atomic mass is 19.1. The summed E-state index contributed by atoms with van der Waals surface area (Å²) in [5, 5.41) is 3.47. The van der Waals surface area contributed by atoms with E-state index in [1.807, 2.05) is 0 Å². The molecule has 1 heterocycles. The molecule has 2 rings (SSSR count). The van der Waals surface area contributed by atoms with E-state index in [-0.39, 0.29) is 11.5 Å². The molecule has 0 atom stereocenters. The predicted octanol–water partition coefficient (Wildman–Crippen LogP) is 1.58. The summed E-state index contributed by atoms with van der Waals surface area (Å²) in [5.74, 6) is -1.03. The lowest BCUT2D eigenvalue weighted by atomic mass is 10.1. The number of carbonyl (C=O) groups excluding carboxylic acids is 1. The zero-order chi connectivity index (χ0) is 10.8. The third-order valence-electron chi connectivity index (χ3n) is 1.96. The van der Waals surface area contributed by atoms with Crippen molar-refractivity contribution < 1.29 is 13.7 Å². The van der Waals surface area contributed by atoms with Crippen molar-refractivity contribution in [2.75, 3.05) is 0 Å². The predicted molar refractivity (Wildman–Crippen MR) is 50.4 cm³/mol. The maximum atomic E-state index is 12.7. The van der Waals surface area contributed by atoms with Gasteiger partial charge in [-0.1, -0.05) is 17.3 Å². The van der Waals surface area contributed by atoms with Gasteiger partial charge in [-0.3, -0.25) is 4.79 Å². The molecule has 0 saturated carbocycles. The summed E-state index contributed by atoms with van der Waals surface area (Å²) in [5.41, 5.74) is 6.23. The fourth-order valence-electron chi connectivity index (χ4n) is 1.25. The Balaban J connectivity index is 2.49. The molecule has 2 aromatic rings. The van der Waals surface area contributed by atoms with Crippen molar-refractivity contribution in [3.05, 3.63) is 42.0 Å². The fourth-order valence-corrected chi connectivity index (χ4v) is 1.25. The Hall–Kier alpha value is -2.17. The van der Waals surface area contributed by atoms with Gasteiger partial charge >= 0.3 is 0 Å². The van der Waals surface area contributed by atoms with Crippen LogP contribution in [-0.2, 0) is 0 Å². The second-order valence-corrected chi connectivity index (χ2v) is 2.95. The molecule has 2 N–H and O–H groups in total. The van der Waals surface area contributed by atoms with Crippen molar-refractivity contribution >= 4 is 5.91 Å². The van der Waals surface area contributed by atoms with Gasteiger partial charge in [0.1, 0.15) is 12.1 Å². The van der Waals surface area contributed by atoms with Crippen LogP contribution in [0.25, 0.3) is 11.1 Å². The van der Waals surface area contributed by atoms with Gasteiger partial charge < -0.3 is 10.3 Å². The minimum Gasteiger partial charge on any atom is -0.364 e. The van der Waals surface area contributed by atoms with Crippen molar-refractivity contribution in [1.29, 1.82) is 0 Å². The first-order valence-electron chi connectivity index (χ1n) is 4.18. The van der Waals surface area contributed by atoms with Crippen LogP contribution in [0.15, 0.2) is 35.1 Å². The zero-order valence-electron chi connectivity index (χ0n) is 7.61. The number of nitrogens with two attached hydrogens (primary N) is 1. The van der Waals surface area contributed by atoms with Crippen molar-refractivity contribution in [1.82, 2.24) is 5.16 Å². The highest BCUT2D eigenvalue weighted by Crippen LogP contribution is 2.22. The van der Waals surface area contributed by atoms with Gasteiger partial charge in [0, 0.05) is 0 Å². The molecule has 1 aromatic carbocycles. The van der Waals surface area contributed by atoms with Crippen LogP contribution in [0.1, 0.15) is 10.5 Å². The Kier molecular flexibility index (Phi) is 2.21. The summed E-state index contributed by atoms with van der Waals surface area (Å²) in [6.07, 6.45) is 1.30. The molecule has 0 unspecified atom stereocenters. The molecule has 76 valence electrons. The van der Waals surface area contributed by atoms with Gasteiger partial charge in [-0.25, -0.2) is 4.39 Å². The molecule has 0 fully saturated rings. The van der Waals surface area contributed by atoms with E-state index in [0.29, 0.717) is 11.1 Å². The third kappa shape index (κ3) is 1.71. The second-order valence-electron chi connectivity index (χ2n) is 2.95. The lowest BCUT2D eigenvalue weighted by Gasteiger charge is -1.97. The molecule has 15 heavy (non-hydrogen) atoms. The van der Waals surface area contributed by atoms with Crippen LogP contribution in [0, 0.1) is 5.82 Å². The average molecular weight is 206 g/mol. The largest absolute Gasteiger partial charge is 0.364 e. The van der Waals surface area contributed by atoms with E-state index < -0.39 is 5.91 Å².